The van der Waals surface area contributed by atoms with Crippen LogP contribution < -0.4 is 15.4 Å². The fourth-order valence-electron chi connectivity index (χ4n) is 1.37. The average molecular weight is 298 g/mol. The van der Waals surface area contributed by atoms with Gasteiger partial charge in [-0.25, -0.2) is 14.6 Å². The lowest BCUT2D eigenvalue weighted by atomic mass is 10.2. The normalized spacial score (nSPS) is 11.3. The molecule has 0 aliphatic carbocycles. The first kappa shape index (κ1) is 16.1. The molecule has 0 radical (unpaired) electrons. The van der Waals surface area contributed by atoms with Gasteiger partial charge < -0.3 is 20.3 Å². The van der Waals surface area contributed by atoms with E-state index in [9.17, 15) is 14.4 Å². The maximum absolute atomic E-state index is 11.6. The van der Waals surface area contributed by atoms with Crippen molar-refractivity contribution in [1.82, 2.24) is 15.3 Å². The van der Waals surface area contributed by atoms with Crippen LogP contribution >= 0.6 is 0 Å². The van der Waals surface area contributed by atoms with Crippen molar-refractivity contribution >= 4 is 23.9 Å². The second kappa shape index (κ2) is 7.03. The molecule has 10 heteroatoms. The molecule has 0 aliphatic rings. The Labute approximate surface area is 119 Å². The number of nitrogens with one attached hydrogen (secondary N) is 2. The summed E-state index contributed by atoms with van der Waals surface area (Å²) in [6, 6.07) is -0.960. The van der Waals surface area contributed by atoms with E-state index in [1.807, 2.05) is 5.32 Å². The summed E-state index contributed by atoms with van der Waals surface area (Å²) in [4.78, 5) is 40.7. The van der Waals surface area contributed by atoms with Gasteiger partial charge in [-0.15, -0.1) is 0 Å². The molecule has 0 bridgehead atoms. The number of hydrogen-bond donors (Lipinski definition) is 4. The van der Waals surface area contributed by atoms with Crippen molar-refractivity contribution in [2.24, 2.45) is 0 Å². The Hall–Kier alpha value is -2.91. The fourth-order valence-corrected chi connectivity index (χ4v) is 1.37. The summed E-state index contributed by atoms with van der Waals surface area (Å²) in [5.74, 6) is -2.69. The van der Waals surface area contributed by atoms with Crippen molar-refractivity contribution in [3.05, 3.63) is 11.8 Å². The first-order valence-corrected chi connectivity index (χ1v) is 5.73. The molecule has 1 aromatic rings. The topological polar surface area (TPSA) is 151 Å². The van der Waals surface area contributed by atoms with Gasteiger partial charge in [0.05, 0.1) is 13.5 Å². The number of carbonyl (C=O) groups is 3. The molecule has 1 heterocycles. The second-order valence-electron chi connectivity index (χ2n) is 3.96. The van der Waals surface area contributed by atoms with Gasteiger partial charge in [0.1, 0.15) is 6.04 Å². The number of carboxylic acid groups (broad SMARTS) is 2. The van der Waals surface area contributed by atoms with Gasteiger partial charge in [0.15, 0.2) is 0 Å². The Morgan fingerprint density at radius 1 is 1.33 bits per heavy atom. The Morgan fingerprint density at radius 2 is 2.00 bits per heavy atom. The summed E-state index contributed by atoms with van der Waals surface area (Å²) in [7, 11) is 1.39. The van der Waals surface area contributed by atoms with Crippen LogP contribution in [-0.4, -0.2) is 51.3 Å². The Kier molecular flexibility index (Phi) is 5.40. The Morgan fingerprint density at radius 3 is 2.52 bits per heavy atom. The third kappa shape index (κ3) is 5.30. The minimum Gasteiger partial charge on any atom is -0.481 e. The average Bonchev–Trinajstić information content (AvgIpc) is 2.36. The maximum atomic E-state index is 11.6. The summed E-state index contributed by atoms with van der Waals surface area (Å²) < 4.78 is 4.89. The minimum absolute atomic E-state index is 0.0937. The van der Waals surface area contributed by atoms with Crippen molar-refractivity contribution < 1.29 is 29.3 Å². The molecule has 1 atom stereocenters. The van der Waals surface area contributed by atoms with Gasteiger partial charge in [0.25, 0.3) is 0 Å². The molecule has 0 spiro atoms. The number of urea groups is 1. The zero-order chi connectivity index (χ0) is 16.0. The molecule has 0 aliphatic heterocycles. The standard InChI is InChI=1S/C11H14N4O6/c1-5-3-7(21-2)14-10(12-5)15-11(20)13-6(9(18)19)4-8(16)17/h3,6H,4H2,1-2H3,(H,16,17)(H,18,19)(H2,12,13,14,15,20)/t6-/m1/s1. The number of nitrogens with zero attached hydrogens (tertiary/aromatic N) is 2. The van der Waals surface area contributed by atoms with E-state index in [1.54, 1.807) is 6.92 Å². The van der Waals surface area contributed by atoms with E-state index in [0.29, 0.717) is 5.69 Å². The highest BCUT2D eigenvalue weighted by Crippen LogP contribution is 2.11. The number of anilines is 1. The number of carboxylic acids is 2. The Balaban J connectivity index is 2.74. The Bertz CT molecular complexity index is 562. The molecule has 0 fully saturated rings. The smallest absolute Gasteiger partial charge is 0.326 e. The van der Waals surface area contributed by atoms with Crippen LogP contribution in [-0.2, 0) is 9.59 Å². The molecule has 2 amide bonds. The van der Waals surface area contributed by atoms with Gasteiger partial charge >= 0.3 is 18.0 Å². The molecule has 0 unspecified atom stereocenters. The number of hydrogen-bond acceptors (Lipinski definition) is 6. The number of methoxy groups -OCH3 is 1. The van der Waals surface area contributed by atoms with Gasteiger partial charge in [0, 0.05) is 11.8 Å². The zero-order valence-corrected chi connectivity index (χ0v) is 11.3. The number of aliphatic carboxylic acids is 2. The number of carbonyl (C=O) groups excluding carboxylic acids is 1. The molecular formula is C11H14N4O6. The highest BCUT2D eigenvalue weighted by Gasteiger charge is 2.23. The number of aromatic nitrogens is 2. The third-order valence-electron chi connectivity index (χ3n) is 2.25. The van der Waals surface area contributed by atoms with Crippen molar-refractivity contribution in [2.75, 3.05) is 12.4 Å². The lowest BCUT2D eigenvalue weighted by Gasteiger charge is -2.13. The number of ether oxygens (including phenoxy) is 1. The highest BCUT2D eigenvalue weighted by molar-refractivity contribution is 5.92. The van der Waals surface area contributed by atoms with Crippen LogP contribution in [0.1, 0.15) is 12.1 Å². The maximum Gasteiger partial charge on any atom is 0.326 e. The molecular weight excluding hydrogens is 284 g/mol. The quantitative estimate of drug-likeness (QED) is 0.565. The van der Waals surface area contributed by atoms with Crippen molar-refractivity contribution in [2.45, 2.75) is 19.4 Å². The number of rotatable bonds is 6. The van der Waals surface area contributed by atoms with Gasteiger partial charge in [-0.3, -0.25) is 10.1 Å². The predicted molar refractivity (Wildman–Crippen MR) is 69.2 cm³/mol. The zero-order valence-electron chi connectivity index (χ0n) is 11.3. The van der Waals surface area contributed by atoms with Crippen molar-refractivity contribution in [3.8, 4) is 5.88 Å². The molecule has 10 nitrogen and oxygen atoms in total. The van der Waals surface area contributed by atoms with E-state index in [1.165, 1.54) is 13.2 Å². The molecule has 114 valence electrons. The lowest BCUT2D eigenvalue weighted by Crippen LogP contribution is -2.44. The van der Waals surface area contributed by atoms with Crippen LogP contribution in [0.4, 0.5) is 10.7 Å². The molecule has 1 rings (SSSR count). The second-order valence-corrected chi connectivity index (χ2v) is 3.96. The van der Waals surface area contributed by atoms with E-state index in [0.717, 1.165) is 0 Å². The van der Waals surface area contributed by atoms with Crippen molar-refractivity contribution in [3.63, 3.8) is 0 Å². The molecule has 0 saturated heterocycles. The highest BCUT2D eigenvalue weighted by atomic mass is 16.5. The molecule has 1 aromatic heterocycles. The van der Waals surface area contributed by atoms with E-state index < -0.39 is 30.4 Å². The first-order chi connectivity index (χ1) is 9.81. The first-order valence-electron chi connectivity index (χ1n) is 5.73. The largest absolute Gasteiger partial charge is 0.481 e. The van der Waals surface area contributed by atoms with Crippen LogP contribution in [0.3, 0.4) is 0 Å². The third-order valence-corrected chi connectivity index (χ3v) is 2.25. The summed E-state index contributed by atoms with van der Waals surface area (Å²) in [5.41, 5.74) is 0.525. The monoisotopic (exact) mass is 298 g/mol. The van der Waals surface area contributed by atoms with Crippen LogP contribution in [0.25, 0.3) is 0 Å². The van der Waals surface area contributed by atoms with Gasteiger partial charge in [-0.1, -0.05) is 0 Å². The minimum atomic E-state index is -1.56. The van der Waals surface area contributed by atoms with Crippen LogP contribution in [0.2, 0.25) is 0 Å². The van der Waals surface area contributed by atoms with Crippen LogP contribution in [0, 0.1) is 6.92 Å². The van der Waals surface area contributed by atoms with Gasteiger partial charge in [-0.2, -0.15) is 4.98 Å². The number of aryl methyl sites for hydroxylation is 1. The van der Waals surface area contributed by atoms with Crippen LogP contribution in [0.5, 0.6) is 5.88 Å². The van der Waals surface area contributed by atoms with Crippen LogP contribution in [0.15, 0.2) is 6.07 Å². The summed E-state index contributed by atoms with van der Waals surface area (Å²) in [6.07, 6.45) is -0.749. The molecule has 0 saturated carbocycles. The van der Waals surface area contributed by atoms with E-state index in [2.05, 4.69) is 15.3 Å². The molecule has 21 heavy (non-hydrogen) atoms. The number of amides is 2. The summed E-state index contributed by atoms with van der Waals surface area (Å²) >= 11 is 0. The van der Waals surface area contributed by atoms with Crippen molar-refractivity contribution in [1.29, 1.82) is 0 Å². The van der Waals surface area contributed by atoms with Gasteiger partial charge in [-0.05, 0) is 6.92 Å². The lowest BCUT2D eigenvalue weighted by molar-refractivity contribution is -0.145. The fraction of sp³-hybridized carbons (Fsp3) is 0.364. The van der Waals surface area contributed by atoms with E-state index in [-0.39, 0.29) is 11.8 Å². The van der Waals surface area contributed by atoms with E-state index >= 15 is 0 Å². The molecule has 0 aromatic carbocycles. The molecule has 4 N–H and O–H groups in total. The summed E-state index contributed by atoms with van der Waals surface area (Å²) in [5, 5.41) is 21.6. The SMILES string of the molecule is COc1cc(C)nc(NC(=O)N[C@H](CC(=O)O)C(=O)O)n1. The predicted octanol–water partition coefficient (Wildman–Crippen LogP) is -0.157. The van der Waals surface area contributed by atoms with E-state index in [4.69, 9.17) is 14.9 Å². The van der Waals surface area contributed by atoms with Gasteiger partial charge in [0.2, 0.25) is 11.8 Å². The summed E-state index contributed by atoms with van der Waals surface area (Å²) in [6.45, 7) is 1.65.